The van der Waals surface area contributed by atoms with Crippen LogP contribution in [0.25, 0.3) is 0 Å². The lowest BCUT2D eigenvalue weighted by molar-refractivity contribution is -0.145. The van der Waals surface area contributed by atoms with E-state index in [4.69, 9.17) is 9.47 Å². The molecule has 2 amide bonds. The Balaban J connectivity index is 2.27. The van der Waals surface area contributed by atoms with Crippen molar-refractivity contribution in [3.8, 4) is 0 Å². The van der Waals surface area contributed by atoms with Gasteiger partial charge in [-0.15, -0.1) is 0 Å². The molecule has 1 saturated heterocycles. The number of amides is 2. The van der Waals surface area contributed by atoms with E-state index in [2.05, 4.69) is 17.6 Å². The molecule has 1 rings (SSSR count). The Morgan fingerprint density at radius 3 is 2.76 bits per heavy atom. The highest BCUT2D eigenvalue weighted by atomic mass is 16.6. The van der Waals surface area contributed by atoms with Crippen molar-refractivity contribution in [2.75, 3.05) is 13.2 Å². The number of carbonyl (C=O) groups is 3. The quantitative estimate of drug-likeness (QED) is 0.517. The van der Waals surface area contributed by atoms with Crippen molar-refractivity contribution in [3.63, 3.8) is 0 Å². The molecule has 0 aromatic heterocycles. The van der Waals surface area contributed by atoms with E-state index in [1.165, 1.54) is 0 Å². The SMILES string of the molecule is CCCCCC(=O)N[C@H]1C[C@H](COC(=O)NCC)OC1=O. The third kappa shape index (κ3) is 6.46. The average Bonchev–Trinajstić information content (AvgIpc) is 2.78. The van der Waals surface area contributed by atoms with E-state index in [1.54, 1.807) is 6.92 Å². The summed E-state index contributed by atoms with van der Waals surface area (Å²) in [6, 6.07) is -0.637. The summed E-state index contributed by atoms with van der Waals surface area (Å²) in [6.45, 7) is 4.31. The van der Waals surface area contributed by atoms with Crippen LogP contribution in [-0.4, -0.2) is 43.3 Å². The summed E-state index contributed by atoms with van der Waals surface area (Å²) < 4.78 is 9.98. The summed E-state index contributed by atoms with van der Waals surface area (Å²) in [7, 11) is 0. The van der Waals surface area contributed by atoms with Gasteiger partial charge < -0.3 is 20.1 Å². The van der Waals surface area contributed by atoms with Crippen molar-refractivity contribution in [1.29, 1.82) is 0 Å². The lowest BCUT2D eigenvalue weighted by Gasteiger charge is -2.10. The second-order valence-corrected chi connectivity index (χ2v) is 5.00. The minimum absolute atomic E-state index is 0.000220. The molecule has 0 aromatic rings. The van der Waals surface area contributed by atoms with Gasteiger partial charge in [-0.3, -0.25) is 4.79 Å². The zero-order valence-electron chi connectivity index (χ0n) is 12.6. The van der Waals surface area contributed by atoms with Crippen LogP contribution in [0.2, 0.25) is 0 Å². The molecule has 0 saturated carbocycles. The molecule has 7 heteroatoms. The fourth-order valence-corrected chi connectivity index (χ4v) is 2.04. The van der Waals surface area contributed by atoms with Crippen LogP contribution in [-0.2, 0) is 19.1 Å². The van der Waals surface area contributed by atoms with Crippen LogP contribution in [0.15, 0.2) is 0 Å². The first kappa shape index (κ1) is 17.3. The van der Waals surface area contributed by atoms with E-state index in [0.29, 0.717) is 19.4 Å². The summed E-state index contributed by atoms with van der Waals surface area (Å²) in [5, 5.41) is 5.14. The number of carbonyl (C=O) groups excluding carboxylic acids is 3. The second kappa shape index (κ2) is 9.20. The van der Waals surface area contributed by atoms with Crippen LogP contribution in [0.3, 0.4) is 0 Å². The first-order valence-corrected chi connectivity index (χ1v) is 7.47. The minimum Gasteiger partial charge on any atom is -0.457 e. The minimum atomic E-state index is -0.637. The van der Waals surface area contributed by atoms with Crippen molar-refractivity contribution in [1.82, 2.24) is 10.6 Å². The Bertz CT molecular complexity index is 372. The van der Waals surface area contributed by atoms with Crippen LogP contribution in [0.1, 0.15) is 46.0 Å². The summed E-state index contributed by atoms with van der Waals surface area (Å²) in [5.74, 6) is -0.612. The molecular weight excluding hydrogens is 276 g/mol. The molecule has 1 heterocycles. The molecule has 21 heavy (non-hydrogen) atoms. The highest BCUT2D eigenvalue weighted by molar-refractivity contribution is 5.85. The second-order valence-electron chi connectivity index (χ2n) is 5.00. The summed E-state index contributed by atoms with van der Waals surface area (Å²) in [6.07, 6.45) is 2.55. The molecule has 0 unspecified atom stereocenters. The average molecular weight is 300 g/mol. The molecular formula is C14H24N2O5. The summed E-state index contributed by atoms with van der Waals surface area (Å²) in [4.78, 5) is 34.4. The van der Waals surface area contributed by atoms with Crippen LogP contribution < -0.4 is 10.6 Å². The first-order valence-electron chi connectivity index (χ1n) is 7.47. The lowest BCUT2D eigenvalue weighted by Crippen LogP contribution is -2.38. The van der Waals surface area contributed by atoms with Gasteiger partial charge in [0, 0.05) is 19.4 Å². The van der Waals surface area contributed by atoms with Gasteiger partial charge in [0.05, 0.1) is 0 Å². The van der Waals surface area contributed by atoms with E-state index in [9.17, 15) is 14.4 Å². The Hall–Kier alpha value is -1.79. The van der Waals surface area contributed by atoms with Crippen LogP contribution in [0, 0.1) is 0 Å². The van der Waals surface area contributed by atoms with Gasteiger partial charge >= 0.3 is 12.1 Å². The smallest absolute Gasteiger partial charge is 0.407 e. The Morgan fingerprint density at radius 2 is 2.10 bits per heavy atom. The van der Waals surface area contributed by atoms with Gasteiger partial charge in [0.25, 0.3) is 0 Å². The number of cyclic esters (lactones) is 1. The van der Waals surface area contributed by atoms with Crippen molar-refractivity contribution in [2.45, 2.75) is 58.1 Å². The summed E-state index contributed by atoms with van der Waals surface area (Å²) in [5.41, 5.74) is 0. The van der Waals surface area contributed by atoms with E-state index < -0.39 is 24.2 Å². The highest BCUT2D eigenvalue weighted by Crippen LogP contribution is 2.15. The van der Waals surface area contributed by atoms with Gasteiger partial charge in [0.2, 0.25) is 5.91 Å². The topological polar surface area (TPSA) is 93.7 Å². The monoisotopic (exact) mass is 300 g/mol. The van der Waals surface area contributed by atoms with Crippen LogP contribution >= 0.6 is 0 Å². The number of unbranched alkanes of at least 4 members (excludes halogenated alkanes) is 2. The van der Waals surface area contributed by atoms with Crippen molar-refractivity contribution in [3.05, 3.63) is 0 Å². The van der Waals surface area contributed by atoms with Gasteiger partial charge in [-0.05, 0) is 13.3 Å². The Labute approximate surface area is 124 Å². The molecule has 0 spiro atoms. The van der Waals surface area contributed by atoms with Gasteiger partial charge in [0.1, 0.15) is 18.8 Å². The maximum Gasteiger partial charge on any atom is 0.407 e. The van der Waals surface area contributed by atoms with E-state index in [1.807, 2.05) is 0 Å². The maximum atomic E-state index is 11.7. The number of esters is 1. The molecule has 7 nitrogen and oxygen atoms in total. The van der Waals surface area contributed by atoms with Crippen molar-refractivity contribution < 1.29 is 23.9 Å². The van der Waals surface area contributed by atoms with Crippen LogP contribution in [0.4, 0.5) is 4.79 Å². The number of nitrogens with one attached hydrogen (secondary N) is 2. The molecule has 1 aliphatic rings. The fraction of sp³-hybridized carbons (Fsp3) is 0.786. The molecule has 0 radical (unpaired) electrons. The maximum absolute atomic E-state index is 11.7. The van der Waals surface area contributed by atoms with Crippen molar-refractivity contribution >= 4 is 18.0 Å². The van der Waals surface area contributed by atoms with E-state index in [0.717, 1.165) is 19.3 Å². The first-order chi connectivity index (χ1) is 10.1. The Kier molecular flexibility index (Phi) is 7.56. The van der Waals surface area contributed by atoms with E-state index >= 15 is 0 Å². The number of hydrogen-bond donors (Lipinski definition) is 2. The number of hydrogen-bond acceptors (Lipinski definition) is 5. The standard InChI is InChI=1S/C14H24N2O5/c1-3-5-6-7-12(17)16-11-8-10(21-13(11)18)9-20-14(19)15-4-2/h10-11H,3-9H2,1-2H3,(H,15,19)(H,16,17)/t10-,11+/m1/s1. The fourth-order valence-electron chi connectivity index (χ4n) is 2.04. The van der Waals surface area contributed by atoms with Crippen LogP contribution in [0.5, 0.6) is 0 Å². The molecule has 1 fully saturated rings. The van der Waals surface area contributed by atoms with Gasteiger partial charge in [-0.2, -0.15) is 0 Å². The molecule has 0 aliphatic carbocycles. The molecule has 2 atom stereocenters. The Morgan fingerprint density at radius 1 is 1.33 bits per heavy atom. The third-order valence-corrected chi connectivity index (χ3v) is 3.13. The number of rotatable bonds is 8. The lowest BCUT2D eigenvalue weighted by atomic mass is 10.1. The molecule has 2 N–H and O–H groups in total. The largest absolute Gasteiger partial charge is 0.457 e. The zero-order valence-corrected chi connectivity index (χ0v) is 12.6. The number of alkyl carbamates (subject to hydrolysis) is 1. The predicted octanol–water partition coefficient (Wildman–Crippen LogP) is 1.11. The normalized spacial score (nSPS) is 20.8. The van der Waals surface area contributed by atoms with Crippen molar-refractivity contribution in [2.24, 2.45) is 0 Å². The highest BCUT2D eigenvalue weighted by Gasteiger charge is 2.36. The predicted molar refractivity (Wildman–Crippen MR) is 75.6 cm³/mol. The van der Waals surface area contributed by atoms with Gasteiger partial charge in [0.15, 0.2) is 0 Å². The van der Waals surface area contributed by atoms with E-state index in [-0.39, 0.29) is 12.5 Å². The van der Waals surface area contributed by atoms with Gasteiger partial charge in [-0.1, -0.05) is 19.8 Å². The zero-order chi connectivity index (χ0) is 15.7. The molecule has 0 aromatic carbocycles. The summed E-state index contributed by atoms with van der Waals surface area (Å²) >= 11 is 0. The number of ether oxygens (including phenoxy) is 2. The van der Waals surface area contributed by atoms with Gasteiger partial charge in [-0.25, -0.2) is 9.59 Å². The molecule has 120 valence electrons. The molecule has 1 aliphatic heterocycles. The molecule has 0 bridgehead atoms. The third-order valence-electron chi connectivity index (χ3n) is 3.13.